The fraction of sp³-hybridized carbons (Fsp3) is 0.417. The van der Waals surface area contributed by atoms with Crippen LogP contribution >= 0.6 is 0 Å². The first-order valence-electron chi connectivity index (χ1n) is 6.55. The van der Waals surface area contributed by atoms with Gasteiger partial charge in [-0.1, -0.05) is 0 Å². The molecule has 0 aliphatic rings. The van der Waals surface area contributed by atoms with E-state index in [1.54, 1.807) is 24.1 Å². The lowest BCUT2D eigenvalue weighted by Crippen LogP contribution is -2.26. The lowest BCUT2D eigenvalue weighted by Gasteiger charge is -2.06. The van der Waals surface area contributed by atoms with Crippen molar-refractivity contribution in [3.8, 4) is 0 Å². The molecule has 0 aliphatic heterocycles. The third kappa shape index (κ3) is 4.23. The van der Waals surface area contributed by atoms with E-state index in [2.05, 4.69) is 25.1 Å². The fourth-order valence-electron chi connectivity index (χ4n) is 1.70. The van der Waals surface area contributed by atoms with Gasteiger partial charge in [-0.25, -0.2) is 23.1 Å². The molecule has 0 aromatic carbocycles. The standard InChI is InChI=1S/C12H18N6O2S/c1-3-13-11-5-4-10(8-14-11)21(19,20)16-7-6-12-15-9-18(2)17-12/h4-5,8-9,16H,3,6-7H2,1-2H3,(H,13,14). The van der Waals surface area contributed by atoms with E-state index in [9.17, 15) is 8.42 Å². The Morgan fingerprint density at radius 2 is 2.10 bits per heavy atom. The molecule has 2 heterocycles. The van der Waals surface area contributed by atoms with Crippen molar-refractivity contribution in [2.45, 2.75) is 18.2 Å². The van der Waals surface area contributed by atoms with Gasteiger partial charge in [-0.05, 0) is 19.1 Å². The number of nitrogens with one attached hydrogen (secondary N) is 2. The van der Waals surface area contributed by atoms with Gasteiger partial charge in [0.05, 0.1) is 0 Å². The number of pyridine rings is 1. The third-order valence-corrected chi connectivity index (χ3v) is 4.14. The Balaban J connectivity index is 1.94. The number of nitrogens with zero attached hydrogens (tertiary/aromatic N) is 4. The molecule has 2 N–H and O–H groups in total. The second-order valence-corrected chi connectivity index (χ2v) is 6.16. The summed E-state index contributed by atoms with van der Waals surface area (Å²) in [5.41, 5.74) is 0. The van der Waals surface area contributed by atoms with Crippen LogP contribution in [0.4, 0.5) is 5.82 Å². The highest BCUT2D eigenvalue weighted by atomic mass is 32.2. The van der Waals surface area contributed by atoms with E-state index < -0.39 is 10.0 Å². The van der Waals surface area contributed by atoms with Crippen LogP contribution in [0.3, 0.4) is 0 Å². The van der Waals surface area contributed by atoms with Gasteiger partial charge in [0.25, 0.3) is 0 Å². The second kappa shape index (κ2) is 6.64. The zero-order valence-electron chi connectivity index (χ0n) is 11.9. The van der Waals surface area contributed by atoms with Crippen LogP contribution in [0.2, 0.25) is 0 Å². The molecule has 8 nitrogen and oxygen atoms in total. The molecule has 0 unspecified atom stereocenters. The number of sulfonamides is 1. The summed E-state index contributed by atoms with van der Waals surface area (Å²) in [6.45, 7) is 2.91. The van der Waals surface area contributed by atoms with Crippen LogP contribution in [-0.4, -0.2) is 41.3 Å². The maximum atomic E-state index is 12.1. The third-order valence-electron chi connectivity index (χ3n) is 2.69. The van der Waals surface area contributed by atoms with E-state index in [0.29, 0.717) is 18.1 Å². The molecule has 21 heavy (non-hydrogen) atoms. The van der Waals surface area contributed by atoms with Crippen molar-refractivity contribution >= 4 is 15.8 Å². The fourth-order valence-corrected chi connectivity index (χ4v) is 2.68. The lowest BCUT2D eigenvalue weighted by atomic mass is 10.4. The number of rotatable bonds is 7. The molecule has 0 atom stereocenters. The summed E-state index contributed by atoms with van der Waals surface area (Å²) in [4.78, 5) is 8.22. The predicted molar refractivity (Wildman–Crippen MR) is 78.3 cm³/mol. The Labute approximate surface area is 123 Å². The smallest absolute Gasteiger partial charge is 0.242 e. The van der Waals surface area contributed by atoms with Crippen molar-refractivity contribution < 1.29 is 8.42 Å². The van der Waals surface area contributed by atoms with Gasteiger partial charge in [0.1, 0.15) is 17.0 Å². The molecule has 0 spiro atoms. The van der Waals surface area contributed by atoms with Crippen LogP contribution in [0, 0.1) is 0 Å². The van der Waals surface area contributed by atoms with Gasteiger partial charge in [0.15, 0.2) is 5.82 Å². The van der Waals surface area contributed by atoms with E-state index in [0.717, 1.165) is 6.54 Å². The van der Waals surface area contributed by atoms with Gasteiger partial charge in [0, 0.05) is 32.8 Å². The highest BCUT2D eigenvalue weighted by molar-refractivity contribution is 7.89. The quantitative estimate of drug-likeness (QED) is 0.755. The highest BCUT2D eigenvalue weighted by Gasteiger charge is 2.14. The van der Waals surface area contributed by atoms with E-state index in [-0.39, 0.29) is 11.4 Å². The maximum absolute atomic E-state index is 12.1. The van der Waals surface area contributed by atoms with E-state index >= 15 is 0 Å². The Morgan fingerprint density at radius 1 is 1.29 bits per heavy atom. The second-order valence-electron chi connectivity index (χ2n) is 4.39. The Kier molecular flexibility index (Phi) is 4.86. The lowest BCUT2D eigenvalue weighted by molar-refractivity contribution is 0.580. The number of aryl methyl sites for hydroxylation is 1. The highest BCUT2D eigenvalue weighted by Crippen LogP contribution is 2.10. The van der Waals surface area contributed by atoms with Crippen LogP contribution in [0.25, 0.3) is 0 Å². The summed E-state index contributed by atoms with van der Waals surface area (Å²) in [5.74, 6) is 1.25. The first kappa shape index (κ1) is 15.4. The normalized spacial score (nSPS) is 11.5. The van der Waals surface area contributed by atoms with E-state index in [4.69, 9.17) is 0 Å². The molecule has 0 fully saturated rings. The molecule has 0 aliphatic carbocycles. The molecule has 0 saturated heterocycles. The first-order valence-corrected chi connectivity index (χ1v) is 8.03. The molecule has 2 rings (SSSR count). The van der Waals surface area contributed by atoms with Crippen molar-refractivity contribution in [3.63, 3.8) is 0 Å². The van der Waals surface area contributed by atoms with Crippen LogP contribution < -0.4 is 10.0 Å². The monoisotopic (exact) mass is 310 g/mol. The summed E-state index contributed by atoms with van der Waals surface area (Å²) in [6.07, 6.45) is 3.34. The summed E-state index contributed by atoms with van der Waals surface area (Å²) >= 11 is 0. The predicted octanol–water partition coefficient (Wildman–Crippen LogP) is 0.163. The Bertz CT molecular complexity index is 680. The van der Waals surface area contributed by atoms with Crippen molar-refractivity contribution in [1.82, 2.24) is 24.5 Å². The maximum Gasteiger partial charge on any atom is 0.242 e. The van der Waals surface area contributed by atoms with Gasteiger partial charge in [-0.2, -0.15) is 5.10 Å². The molecule has 114 valence electrons. The summed E-state index contributed by atoms with van der Waals surface area (Å²) in [5, 5.41) is 7.09. The van der Waals surface area contributed by atoms with Crippen molar-refractivity contribution in [1.29, 1.82) is 0 Å². The average Bonchev–Trinajstić information content (AvgIpc) is 2.85. The van der Waals surface area contributed by atoms with Crippen LogP contribution in [-0.2, 0) is 23.5 Å². The Hall–Kier alpha value is -2.00. The molecule has 0 saturated carbocycles. The van der Waals surface area contributed by atoms with Crippen molar-refractivity contribution in [2.24, 2.45) is 7.05 Å². The summed E-state index contributed by atoms with van der Waals surface area (Å²) in [7, 11) is -1.80. The van der Waals surface area contributed by atoms with Crippen LogP contribution in [0.1, 0.15) is 12.7 Å². The molecule has 0 bridgehead atoms. The molecule has 2 aromatic rings. The minimum Gasteiger partial charge on any atom is -0.370 e. The van der Waals surface area contributed by atoms with Crippen molar-refractivity contribution in [2.75, 3.05) is 18.4 Å². The number of hydrogen-bond acceptors (Lipinski definition) is 6. The number of anilines is 1. The largest absolute Gasteiger partial charge is 0.370 e. The van der Waals surface area contributed by atoms with Crippen molar-refractivity contribution in [3.05, 3.63) is 30.5 Å². The molecular formula is C12H18N6O2S. The van der Waals surface area contributed by atoms with Gasteiger partial charge in [0.2, 0.25) is 10.0 Å². The van der Waals surface area contributed by atoms with E-state index in [1.165, 1.54) is 12.3 Å². The topological polar surface area (TPSA) is 102 Å². The minimum atomic E-state index is -3.56. The minimum absolute atomic E-state index is 0.137. The number of aromatic nitrogens is 4. The zero-order chi connectivity index (χ0) is 15.3. The molecule has 0 amide bonds. The molecular weight excluding hydrogens is 292 g/mol. The SMILES string of the molecule is CCNc1ccc(S(=O)(=O)NCCc2ncn(C)n2)cn1. The molecule has 2 aromatic heterocycles. The zero-order valence-corrected chi connectivity index (χ0v) is 12.8. The summed E-state index contributed by atoms with van der Waals surface area (Å²) in [6, 6.07) is 3.16. The Morgan fingerprint density at radius 3 is 2.67 bits per heavy atom. The molecule has 0 radical (unpaired) electrons. The summed E-state index contributed by atoms with van der Waals surface area (Å²) < 4.78 is 28.2. The van der Waals surface area contributed by atoms with Crippen LogP contribution in [0.15, 0.2) is 29.6 Å². The van der Waals surface area contributed by atoms with Gasteiger partial charge in [-0.15, -0.1) is 0 Å². The van der Waals surface area contributed by atoms with E-state index in [1.807, 2.05) is 6.92 Å². The van der Waals surface area contributed by atoms with Gasteiger partial charge >= 0.3 is 0 Å². The average molecular weight is 310 g/mol. The van der Waals surface area contributed by atoms with Gasteiger partial charge in [-0.3, -0.25) is 4.68 Å². The number of hydrogen-bond donors (Lipinski definition) is 2. The first-order chi connectivity index (χ1) is 10.0. The molecule has 9 heteroatoms. The van der Waals surface area contributed by atoms with Gasteiger partial charge < -0.3 is 5.32 Å². The van der Waals surface area contributed by atoms with Crippen LogP contribution in [0.5, 0.6) is 0 Å².